The number of nitrogens with zero attached hydrogens (tertiary/aromatic N) is 2. The van der Waals surface area contributed by atoms with E-state index in [-0.39, 0.29) is 6.03 Å². The molecule has 0 atom stereocenters. The van der Waals surface area contributed by atoms with Gasteiger partial charge in [-0.05, 0) is 37.5 Å². The average Bonchev–Trinajstić information content (AvgIpc) is 2.54. The molecule has 1 fully saturated rings. The molecule has 1 aromatic rings. The molecule has 0 aliphatic carbocycles. The summed E-state index contributed by atoms with van der Waals surface area (Å²) < 4.78 is 27.1. The van der Waals surface area contributed by atoms with E-state index < -0.39 is 10.0 Å². The second-order valence-electron chi connectivity index (χ2n) is 5.89. The highest BCUT2D eigenvalue weighted by Gasteiger charge is 2.30. The van der Waals surface area contributed by atoms with E-state index in [9.17, 15) is 13.2 Å². The molecule has 0 bridgehead atoms. The number of carbonyl (C=O) groups excluding carboxylic acids is 1. The van der Waals surface area contributed by atoms with Gasteiger partial charge in [0.15, 0.2) is 0 Å². The van der Waals surface area contributed by atoms with Crippen molar-refractivity contribution in [1.82, 2.24) is 14.5 Å². The predicted molar refractivity (Wildman–Crippen MR) is 89.9 cm³/mol. The van der Waals surface area contributed by atoms with Gasteiger partial charge in [-0.25, -0.2) is 13.2 Å². The van der Waals surface area contributed by atoms with E-state index >= 15 is 0 Å². The minimum atomic E-state index is -3.51. The van der Waals surface area contributed by atoms with Crippen LogP contribution in [0.3, 0.4) is 0 Å². The number of sulfonamides is 1. The van der Waals surface area contributed by atoms with Crippen LogP contribution in [0.15, 0.2) is 23.1 Å². The summed E-state index contributed by atoms with van der Waals surface area (Å²) in [5.41, 5.74) is 1.67. The van der Waals surface area contributed by atoms with Gasteiger partial charge in [-0.1, -0.05) is 19.1 Å². The standard InChI is InChI=1S/C16H25N3O3S/c1-4-7-17-16(20)18-8-10-19(11-9-18)23(21,22)15-12-13(2)5-6-14(15)3/h5-6,12H,4,7-11H2,1-3H3,(H,17,20). The largest absolute Gasteiger partial charge is 0.338 e. The Bertz CT molecular complexity index is 665. The number of carbonyl (C=O) groups is 1. The smallest absolute Gasteiger partial charge is 0.317 e. The molecule has 2 amide bonds. The monoisotopic (exact) mass is 339 g/mol. The molecular formula is C16H25N3O3S. The van der Waals surface area contributed by atoms with Gasteiger partial charge in [-0.2, -0.15) is 4.31 Å². The van der Waals surface area contributed by atoms with Crippen molar-refractivity contribution in [2.45, 2.75) is 32.1 Å². The quantitative estimate of drug-likeness (QED) is 0.908. The number of urea groups is 1. The topological polar surface area (TPSA) is 69.7 Å². The number of aryl methyl sites for hydroxylation is 2. The Labute approximate surface area is 138 Å². The highest BCUT2D eigenvalue weighted by molar-refractivity contribution is 7.89. The Morgan fingerprint density at radius 1 is 1.17 bits per heavy atom. The third-order valence-corrected chi connectivity index (χ3v) is 6.05. The maximum Gasteiger partial charge on any atom is 0.317 e. The van der Waals surface area contributed by atoms with Crippen molar-refractivity contribution in [3.63, 3.8) is 0 Å². The molecule has 1 saturated heterocycles. The summed E-state index contributed by atoms with van der Waals surface area (Å²) >= 11 is 0. The van der Waals surface area contributed by atoms with Crippen LogP contribution in [0.25, 0.3) is 0 Å². The van der Waals surface area contributed by atoms with Crippen LogP contribution in [0.5, 0.6) is 0 Å². The fourth-order valence-electron chi connectivity index (χ4n) is 2.60. The zero-order chi connectivity index (χ0) is 17.0. The average molecular weight is 339 g/mol. The number of rotatable bonds is 4. The van der Waals surface area contributed by atoms with E-state index in [1.54, 1.807) is 17.9 Å². The number of piperazine rings is 1. The second-order valence-corrected chi connectivity index (χ2v) is 7.80. The number of hydrogen-bond acceptors (Lipinski definition) is 3. The molecule has 0 unspecified atom stereocenters. The van der Waals surface area contributed by atoms with Gasteiger partial charge < -0.3 is 10.2 Å². The van der Waals surface area contributed by atoms with Crippen LogP contribution in [0, 0.1) is 13.8 Å². The van der Waals surface area contributed by atoms with E-state index in [1.807, 2.05) is 26.0 Å². The maximum absolute atomic E-state index is 12.8. The molecule has 1 aromatic carbocycles. The van der Waals surface area contributed by atoms with Gasteiger partial charge in [0.05, 0.1) is 4.90 Å². The third kappa shape index (κ3) is 4.03. The van der Waals surface area contributed by atoms with Crippen LogP contribution in [-0.2, 0) is 10.0 Å². The highest BCUT2D eigenvalue weighted by Crippen LogP contribution is 2.22. The first-order valence-electron chi connectivity index (χ1n) is 7.96. The van der Waals surface area contributed by atoms with Gasteiger partial charge in [0.1, 0.15) is 0 Å². The Kier molecular flexibility index (Phi) is 5.64. The molecule has 6 nitrogen and oxygen atoms in total. The van der Waals surface area contributed by atoms with Crippen molar-refractivity contribution in [2.75, 3.05) is 32.7 Å². The lowest BCUT2D eigenvalue weighted by Crippen LogP contribution is -2.53. The Morgan fingerprint density at radius 3 is 2.43 bits per heavy atom. The minimum absolute atomic E-state index is 0.115. The highest BCUT2D eigenvalue weighted by atomic mass is 32.2. The van der Waals surface area contributed by atoms with E-state index in [4.69, 9.17) is 0 Å². The summed E-state index contributed by atoms with van der Waals surface area (Å²) in [6.45, 7) is 7.81. The first-order valence-corrected chi connectivity index (χ1v) is 9.40. The molecule has 0 aromatic heterocycles. The zero-order valence-corrected chi connectivity index (χ0v) is 14.8. The summed E-state index contributed by atoms with van der Waals surface area (Å²) in [4.78, 5) is 14.0. The summed E-state index contributed by atoms with van der Waals surface area (Å²) in [5.74, 6) is 0. The normalized spacial score (nSPS) is 16.4. The first-order chi connectivity index (χ1) is 10.9. The Hall–Kier alpha value is -1.60. The molecule has 7 heteroatoms. The molecule has 23 heavy (non-hydrogen) atoms. The Balaban J connectivity index is 2.07. The molecule has 0 spiro atoms. The molecule has 1 N–H and O–H groups in total. The summed E-state index contributed by atoms with van der Waals surface area (Å²) in [6, 6.07) is 5.34. The maximum atomic E-state index is 12.8. The van der Waals surface area contributed by atoms with Crippen LogP contribution in [0.4, 0.5) is 4.79 Å². The zero-order valence-electron chi connectivity index (χ0n) is 14.0. The lowest BCUT2D eigenvalue weighted by molar-refractivity contribution is 0.172. The number of hydrogen-bond donors (Lipinski definition) is 1. The van der Waals surface area contributed by atoms with Crippen molar-refractivity contribution in [3.05, 3.63) is 29.3 Å². The lowest BCUT2D eigenvalue weighted by atomic mass is 10.2. The summed E-state index contributed by atoms with van der Waals surface area (Å²) in [6.07, 6.45) is 0.882. The van der Waals surface area contributed by atoms with Gasteiger partial charge >= 0.3 is 6.03 Å². The van der Waals surface area contributed by atoms with E-state index in [0.29, 0.717) is 37.6 Å². The van der Waals surface area contributed by atoms with Gasteiger partial charge in [0.25, 0.3) is 0 Å². The van der Waals surface area contributed by atoms with Crippen LogP contribution < -0.4 is 5.32 Å². The Morgan fingerprint density at radius 2 is 1.83 bits per heavy atom. The summed E-state index contributed by atoms with van der Waals surface area (Å²) in [5, 5.41) is 2.82. The van der Waals surface area contributed by atoms with Crippen LogP contribution >= 0.6 is 0 Å². The lowest BCUT2D eigenvalue weighted by Gasteiger charge is -2.34. The van der Waals surface area contributed by atoms with Crippen LogP contribution in [0.1, 0.15) is 24.5 Å². The van der Waals surface area contributed by atoms with Crippen LogP contribution in [0.2, 0.25) is 0 Å². The fourth-order valence-corrected chi connectivity index (χ4v) is 4.33. The molecule has 0 saturated carbocycles. The fraction of sp³-hybridized carbons (Fsp3) is 0.562. The molecule has 128 valence electrons. The van der Waals surface area contributed by atoms with Crippen molar-refractivity contribution >= 4 is 16.1 Å². The number of benzene rings is 1. The number of nitrogens with one attached hydrogen (secondary N) is 1. The van der Waals surface area contributed by atoms with Crippen molar-refractivity contribution in [2.24, 2.45) is 0 Å². The van der Waals surface area contributed by atoms with Crippen LogP contribution in [-0.4, -0.2) is 56.4 Å². The van der Waals surface area contributed by atoms with E-state index in [1.165, 1.54) is 4.31 Å². The molecule has 1 aliphatic heterocycles. The van der Waals surface area contributed by atoms with Gasteiger partial charge in [-0.15, -0.1) is 0 Å². The summed E-state index contributed by atoms with van der Waals surface area (Å²) in [7, 11) is -3.51. The van der Waals surface area contributed by atoms with Gasteiger partial charge in [0, 0.05) is 32.7 Å². The molecule has 1 heterocycles. The van der Waals surface area contributed by atoms with Crippen molar-refractivity contribution in [3.8, 4) is 0 Å². The molecular weight excluding hydrogens is 314 g/mol. The molecule has 2 rings (SSSR count). The van der Waals surface area contributed by atoms with E-state index in [2.05, 4.69) is 5.32 Å². The molecule has 0 radical (unpaired) electrons. The van der Waals surface area contributed by atoms with E-state index in [0.717, 1.165) is 17.5 Å². The SMILES string of the molecule is CCCNC(=O)N1CCN(S(=O)(=O)c2cc(C)ccc2C)CC1. The minimum Gasteiger partial charge on any atom is -0.338 e. The molecule has 1 aliphatic rings. The van der Waals surface area contributed by atoms with Gasteiger partial charge in [-0.3, -0.25) is 0 Å². The predicted octanol–water partition coefficient (Wildman–Crippen LogP) is 1.73. The first kappa shape index (κ1) is 17.7. The van der Waals surface area contributed by atoms with Crippen molar-refractivity contribution in [1.29, 1.82) is 0 Å². The van der Waals surface area contributed by atoms with Crippen molar-refractivity contribution < 1.29 is 13.2 Å². The third-order valence-electron chi connectivity index (χ3n) is 4.01. The van der Waals surface area contributed by atoms with Gasteiger partial charge in [0.2, 0.25) is 10.0 Å². The second kappa shape index (κ2) is 7.31. The number of amides is 2.